The summed E-state index contributed by atoms with van der Waals surface area (Å²) in [5.74, 6) is -2.62. The van der Waals surface area contributed by atoms with Gasteiger partial charge in [0.1, 0.15) is 5.82 Å². The van der Waals surface area contributed by atoms with Crippen LogP contribution in [0.4, 0.5) is 14.5 Å². The largest absolute Gasteiger partial charge is 0.396 e. The second-order valence-corrected chi connectivity index (χ2v) is 4.21. The maximum Gasteiger partial charge on any atom is 0.199 e. The molecule has 0 spiro atoms. The summed E-state index contributed by atoms with van der Waals surface area (Å²) >= 11 is 0. The van der Waals surface area contributed by atoms with Crippen molar-refractivity contribution >= 4 is 11.5 Å². The van der Waals surface area contributed by atoms with Crippen molar-refractivity contribution in [2.24, 2.45) is 0 Å². The molecule has 0 fully saturated rings. The number of carbonyl (C=O) groups is 1. The number of hydrogen-bond donors (Lipinski definition) is 1. The van der Waals surface area contributed by atoms with Crippen LogP contribution < -0.4 is 5.73 Å². The molecule has 0 radical (unpaired) electrons. The van der Waals surface area contributed by atoms with Gasteiger partial charge in [0.25, 0.3) is 0 Å². The van der Waals surface area contributed by atoms with Crippen LogP contribution in [0.15, 0.2) is 36.4 Å². The topological polar surface area (TPSA) is 43.1 Å². The molecule has 0 heterocycles. The van der Waals surface area contributed by atoms with Gasteiger partial charge in [-0.1, -0.05) is 31.2 Å². The van der Waals surface area contributed by atoms with Crippen molar-refractivity contribution in [2.45, 2.75) is 13.3 Å². The number of nitrogen functional groups attached to an aromatic ring is 1. The number of aryl methyl sites for hydroxylation is 1. The minimum atomic E-state index is -1.01. The lowest BCUT2D eigenvalue weighted by molar-refractivity contribution is 0.103. The van der Waals surface area contributed by atoms with E-state index < -0.39 is 23.0 Å². The fourth-order valence-electron chi connectivity index (χ4n) is 1.81. The van der Waals surface area contributed by atoms with Crippen LogP contribution in [0, 0.1) is 11.6 Å². The molecule has 2 rings (SSSR count). The summed E-state index contributed by atoms with van der Waals surface area (Å²) < 4.78 is 27.4. The minimum absolute atomic E-state index is 0.237. The van der Waals surface area contributed by atoms with Gasteiger partial charge in [0.05, 0.1) is 11.3 Å². The number of hydrogen-bond acceptors (Lipinski definition) is 2. The number of carbonyl (C=O) groups excluding carboxylic acids is 1. The molecule has 0 amide bonds. The van der Waals surface area contributed by atoms with E-state index >= 15 is 0 Å². The highest BCUT2D eigenvalue weighted by Gasteiger charge is 2.20. The monoisotopic (exact) mass is 261 g/mol. The molecule has 2 N–H and O–H groups in total. The SMILES string of the molecule is CCc1ccc(C(=O)c2c(F)ccc(N)c2F)cc1. The van der Waals surface area contributed by atoms with Gasteiger partial charge in [0, 0.05) is 5.56 Å². The highest BCUT2D eigenvalue weighted by atomic mass is 19.1. The van der Waals surface area contributed by atoms with Crippen molar-refractivity contribution in [1.29, 1.82) is 0 Å². The van der Waals surface area contributed by atoms with Gasteiger partial charge < -0.3 is 5.73 Å². The molecule has 19 heavy (non-hydrogen) atoms. The first-order valence-corrected chi connectivity index (χ1v) is 5.91. The molecule has 0 atom stereocenters. The molecule has 0 aliphatic carbocycles. The van der Waals surface area contributed by atoms with Crippen LogP contribution >= 0.6 is 0 Å². The third-order valence-corrected chi connectivity index (χ3v) is 2.97. The van der Waals surface area contributed by atoms with E-state index in [9.17, 15) is 13.6 Å². The zero-order valence-corrected chi connectivity index (χ0v) is 10.4. The molecule has 0 bridgehead atoms. The van der Waals surface area contributed by atoms with Crippen LogP contribution in [0.5, 0.6) is 0 Å². The maximum atomic E-state index is 13.8. The standard InChI is InChI=1S/C15H13F2NO/c1-2-9-3-5-10(6-4-9)15(19)13-11(16)7-8-12(18)14(13)17/h3-8H,2,18H2,1H3. The molecule has 0 aliphatic heterocycles. The molecular formula is C15H13F2NO. The van der Waals surface area contributed by atoms with E-state index in [4.69, 9.17) is 5.73 Å². The summed E-state index contributed by atoms with van der Waals surface area (Å²) in [5.41, 5.74) is 5.79. The maximum absolute atomic E-state index is 13.8. The van der Waals surface area contributed by atoms with Crippen LogP contribution in [0.3, 0.4) is 0 Å². The van der Waals surface area contributed by atoms with Gasteiger partial charge in [-0.15, -0.1) is 0 Å². The van der Waals surface area contributed by atoms with E-state index in [0.29, 0.717) is 0 Å². The van der Waals surface area contributed by atoms with Gasteiger partial charge in [-0.25, -0.2) is 8.78 Å². The lowest BCUT2D eigenvalue weighted by Gasteiger charge is -2.07. The molecule has 0 saturated heterocycles. The molecule has 0 aromatic heterocycles. The van der Waals surface area contributed by atoms with Crippen LogP contribution in [0.2, 0.25) is 0 Å². The average molecular weight is 261 g/mol. The molecule has 4 heteroatoms. The molecule has 0 aliphatic rings. The zero-order valence-electron chi connectivity index (χ0n) is 10.4. The summed E-state index contributed by atoms with van der Waals surface area (Å²) in [6, 6.07) is 8.73. The number of halogens is 2. The van der Waals surface area contributed by atoms with Gasteiger partial charge in [-0.3, -0.25) is 4.79 Å². The first-order chi connectivity index (χ1) is 9.04. The van der Waals surface area contributed by atoms with Gasteiger partial charge in [-0.2, -0.15) is 0 Å². The van der Waals surface area contributed by atoms with Crippen molar-refractivity contribution in [2.75, 3.05) is 5.73 Å². The summed E-state index contributed by atoms with van der Waals surface area (Å²) in [7, 11) is 0. The van der Waals surface area contributed by atoms with E-state index in [-0.39, 0.29) is 11.3 Å². The number of anilines is 1. The zero-order chi connectivity index (χ0) is 14.0. The average Bonchev–Trinajstić information content (AvgIpc) is 2.43. The molecule has 0 saturated carbocycles. The quantitative estimate of drug-likeness (QED) is 0.680. The third-order valence-electron chi connectivity index (χ3n) is 2.97. The van der Waals surface area contributed by atoms with E-state index in [1.165, 1.54) is 0 Å². The first-order valence-electron chi connectivity index (χ1n) is 5.91. The normalized spacial score (nSPS) is 10.5. The Morgan fingerprint density at radius 2 is 1.74 bits per heavy atom. The van der Waals surface area contributed by atoms with Gasteiger partial charge in [-0.05, 0) is 24.1 Å². The number of nitrogens with two attached hydrogens (primary N) is 1. The van der Waals surface area contributed by atoms with Crippen molar-refractivity contribution in [3.63, 3.8) is 0 Å². The predicted molar refractivity (Wildman–Crippen MR) is 70.0 cm³/mol. The first kappa shape index (κ1) is 13.2. The molecule has 2 aromatic carbocycles. The summed E-state index contributed by atoms with van der Waals surface area (Å²) in [6.07, 6.45) is 0.829. The number of ketones is 1. The Labute approximate surface area is 109 Å². The molecule has 98 valence electrons. The fraction of sp³-hybridized carbons (Fsp3) is 0.133. The van der Waals surface area contributed by atoms with Crippen LogP contribution in [-0.4, -0.2) is 5.78 Å². The van der Waals surface area contributed by atoms with E-state index in [2.05, 4.69) is 0 Å². The molecule has 2 nitrogen and oxygen atoms in total. The number of benzene rings is 2. The van der Waals surface area contributed by atoms with Crippen LogP contribution in [0.25, 0.3) is 0 Å². The molecule has 2 aromatic rings. The van der Waals surface area contributed by atoms with Crippen molar-refractivity contribution in [3.05, 3.63) is 64.7 Å². The lowest BCUT2D eigenvalue weighted by Crippen LogP contribution is -2.09. The highest BCUT2D eigenvalue weighted by Crippen LogP contribution is 2.22. The van der Waals surface area contributed by atoms with E-state index in [1.807, 2.05) is 6.92 Å². The Balaban J connectivity index is 2.46. The molecular weight excluding hydrogens is 248 g/mol. The molecule has 0 unspecified atom stereocenters. The summed E-state index contributed by atoms with van der Waals surface area (Å²) in [4.78, 5) is 12.1. The van der Waals surface area contributed by atoms with Crippen molar-refractivity contribution in [1.82, 2.24) is 0 Å². The summed E-state index contributed by atoms with van der Waals surface area (Å²) in [6.45, 7) is 1.98. The third kappa shape index (κ3) is 2.47. The van der Waals surface area contributed by atoms with Crippen LogP contribution in [-0.2, 0) is 6.42 Å². The lowest BCUT2D eigenvalue weighted by atomic mass is 10.00. The Hall–Kier alpha value is -2.23. The summed E-state index contributed by atoms with van der Waals surface area (Å²) in [5, 5.41) is 0. The Bertz CT molecular complexity index is 621. The Morgan fingerprint density at radius 3 is 2.32 bits per heavy atom. The predicted octanol–water partition coefficient (Wildman–Crippen LogP) is 3.34. The number of rotatable bonds is 3. The highest BCUT2D eigenvalue weighted by molar-refractivity contribution is 6.09. The van der Waals surface area contributed by atoms with Crippen LogP contribution in [0.1, 0.15) is 28.4 Å². The van der Waals surface area contributed by atoms with Crippen molar-refractivity contribution < 1.29 is 13.6 Å². The van der Waals surface area contributed by atoms with E-state index in [0.717, 1.165) is 24.1 Å². The van der Waals surface area contributed by atoms with Gasteiger partial charge in [0.2, 0.25) is 0 Å². The fourth-order valence-corrected chi connectivity index (χ4v) is 1.81. The Kier molecular flexibility index (Phi) is 3.60. The van der Waals surface area contributed by atoms with Gasteiger partial charge >= 0.3 is 0 Å². The second kappa shape index (κ2) is 5.18. The Morgan fingerprint density at radius 1 is 1.11 bits per heavy atom. The van der Waals surface area contributed by atoms with Crippen molar-refractivity contribution in [3.8, 4) is 0 Å². The van der Waals surface area contributed by atoms with Gasteiger partial charge in [0.15, 0.2) is 11.6 Å². The van der Waals surface area contributed by atoms with E-state index in [1.54, 1.807) is 24.3 Å². The second-order valence-electron chi connectivity index (χ2n) is 4.21. The smallest absolute Gasteiger partial charge is 0.199 e. The minimum Gasteiger partial charge on any atom is -0.396 e.